The Morgan fingerprint density at radius 3 is 2.76 bits per heavy atom. The van der Waals surface area contributed by atoms with Crippen molar-refractivity contribution in [1.82, 2.24) is 15.5 Å². The molecule has 0 aliphatic heterocycles. The van der Waals surface area contributed by atoms with E-state index >= 15 is 0 Å². The van der Waals surface area contributed by atoms with Crippen molar-refractivity contribution in [2.45, 2.75) is 32.9 Å². The van der Waals surface area contributed by atoms with E-state index in [1.165, 1.54) is 6.07 Å². The molecule has 0 fully saturated rings. The zero-order valence-electron chi connectivity index (χ0n) is 12.1. The first kappa shape index (κ1) is 15.1. The number of amides is 1. The third-order valence-corrected chi connectivity index (χ3v) is 3.01. The summed E-state index contributed by atoms with van der Waals surface area (Å²) in [4.78, 5) is 15.7. The van der Waals surface area contributed by atoms with Gasteiger partial charge in [-0.3, -0.25) is 4.79 Å². The van der Waals surface area contributed by atoms with Gasteiger partial charge in [-0.2, -0.15) is 4.98 Å². The minimum Gasteiger partial charge on any atom is -0.343 e. The Hall–Kier alpha value is -2.28. The molecule has 1 amide bonds. The molecular formula is C14H17FN4O2. The molecule has 3 N–H and O–H groups in total. The monoisotopic (exact) mass is 292 g/mol. The van der Waals surface area contributed by atoms with Crippen LogP contribution in [-0.2, 0) is 4.79 Å². The van der Waals surface area contributed by atoms with Crippen molar-refractivity contribution >= 4 is 5.91 Å². The molecule has 7 heteroatoms. The molecule has 6 nitrogen and oxygen atoms in total. The van der Waals surface area contributed by atoms with Crippen LogP contribution in [0, 0.1) is 12.7 Å². The second kappa shape index (κ2) is 6.01. The van der Waals surface area contributed by atoms with Gasteiger partial charge in [0.05, 0.1) is 6.04 Å². The molecule has 1 unspecified atom stereocenters. The van der Waals surface area contributed by atoms with Gasteiger partial charge in [-0.15, -0.1) is 0 Å². The zero-order valence-corrected chi connectivity index (χ0v) is 12.1. The number of rotatable bonds is 4. The molecule has 21 heavy (non-hydrogen) atoms. The number of hydrogen-bond acceptors (Lipinski definition) is 5. The summed E-state index contributed by atoms with van der Waals surface area (Å²) in [5.74, 6) is -0.147. The fourth-order valence-corrected chi connectivity index (χ4v) is 1.67. The molecule has 0 aliphatic rings. The number of nitrogens with two attached hydrogens (primary N) is 1. The highest BCUT2D eigenvalue weighted by atomic mass is 19.1. The van der Waals surface area contributed by atoms with Gasteiger partial charge in [-0.1, -0.05) is 17.3 Å². The third-order valence-electron chi connectivity index (χ3n) is 3.01. The van der Waals surface area contributed by atoms with Crippen LogP contribution in [0.5, 0.6) is 0 Å². The highest BCUT2D eigenvalue weighted by molar-refractivity contribution is 5.81. The molecule has 0 saturated heterocycles. The van der Waals surface area contributed by atoms with Gasteiger partial charge in [0.1, 0.15) is 11.9 Å². The van der Waals surface area contributed by atoms with Crippen LogP contribution >= 0.6 is 0 Å². The van der Waals surface area contributed by atoms with Gasteiger partial charge in [0.2, 0.25) is 17.6 Å². The molecule has 1 aromatic carbocycles. The molecule has 2 rings (SSSR count). The molecular weight excluding hydrogens is 275 g/mol. The van der Waals surface area contributed by atoms with E-state index in [2.05, 4.69) is 15.5 Å². The Kier molecular flexibility index (Phi) is 4.32. The lowest BCUT2D eigenvalue weighted by molar-refractivity contribution is -0.122. The van der Waals surface area contributed by atoms with Crippen molar-refractivity contribution in [3.63, 3.8) is 0 Å². The number of halogens is 1. The average molecular weight is 292 g/mol. The number of nitrogens with one attached hydrogen (secondary N) is 1. The van der Waals surface area contributed by atoms with E-state index < -0.39 is 12.1 Å². The lowest BCUT2D eigenvalue weighted by atomic mass is 10.1. The van der Waals surface area contributed by atoms with Crippen molar-refractivity contribution in [2.24, 2.45) is 5.73 Å². The summed E-state index contributed by atoms with van der Waals surface area (Å²) >= 11 is 0. The minimum atomic E-state index is -0.624. The van der Waals surface area contributed by atoms with Gasteiger partial charge in [-0.25, -0.2) is 4.39 Å². The molecule has 0 aliphatic carbocycles. The Balaban J connectivity index is 2.17. The summed E-state index contributed by atoms with van der Waals surface area (Å²) in [5.41, 5.74) is 6.52. The Bertz CT molecular complexity index is 654. The van der Waals surface area contributed by atoms with E-state index in [1.54, 1.807) is 32.9 Å². The fourth-order valence-electron chi connectivity index (χ4n) is 1.67. The van der Waals surface area contributed by atoms with E-state index in [9.17, 15) is 9.18 Å². The van der Waals surface area contributed by atoms with E-state index in [4.69, 9.17) is 10.3 Å². The Morgan fingerprint density at radius 2 is 2.14 bits per heavy atom. The van der Waals surface area contributed by atoms with Crippen LogP contribution in [-0.4, -0.2) is 22.1 Å². The molecule has 1 heterocycles. The lowest BCUT2D eigenvalue weighted by Crippen LogP contribution is -2.39. The topological polar surface area (TPSA) is 94.0 Å². The summed E-state index contributed by atoms with van der Waals surface area (Å²) in [6.45, 7) is 4.95. The number of carbonyl (C=O) groups is 1. The number of benzene rings is 1. The summed E-state index contributed by atoms with van der Waals surface area (Å²) in [6, 6.07) is 3.59. The predicted molar refractivity (Wildman–Crippen MR) is 74.6 cm³/mol. The molecule has 112 valence electrons. The van der Waals surface area contributed by atoms with Gasteiger partial charge in [0.15, 0.2) is 0 Å². The van der Waals surface area contributed by atoms with E-state index in [-0.39, 0.29) is 23.4 Å². The van der Waals surface area contributed by atoms with Crippen LogP contribution in [0.2, 0.25) is 0 Å². The van der Waals surface area contributed by atoms with Gasteiger partial charge < -0.3 is 15.6 Å². The van der Waals surface area contributed by atoms with Crippen LogP contribution in [0.25, 0.3) is 11.4 Å². The first-order valence-electron chi connectivity index (χ1n) is 6.54. The lowest BCUT2D eigenvalue weighted by Gasteiger charge is -2.11. The van der Waals surface area contributed by atoms with Crippen LogP contribution < -0.4 is 11.1 Å². The van der Waals surface area contributed by atoms with Crippen LogP contribution in [0.15, 0.2) is 22.7 Å². The highest BCUT2D eigenvalue weighted by Crippen LogP contribution is 2.20. The van der Waals surface area contributed by atoms with E-state index in [1.807, 2.05) is 0 Å². The number of hydrogen-bond donors (Lipinski definition) is 2. The maximum absolute atomic E-state index is 13.5. The molecule has 0 radical (unpaired) electrons. The van der Waals surface area contributed by atoms with E-state index in [0.29, 0.717) is 11.1 Å². The largest absolute Gasteiger partial charge is 0.343 e. The smallest absolute Gasteiger partial charge is 0.249 e. The van der Waals surface area contributed by atoms with Crippen LogP contribution in [0.3, 0.4) is 0 Å². The third kappa shape index (κ3) is 3.43. The van der Waals surface area contributed by atoms with Crippen molar-refractivity contribution in [1.29, 1.82) is 0 Å². The van der Waals surface area contributed by atoms with Crippen molar-refractivity contribution in [2.75, 3.05) is 0 Å². The molecule has 2 aromatic rings. The normalized spacial score (nSPS) is 13.8. The quantitative estimate of drug-likeness (QED) is 0.894. The second-order valence-electron chi connectivity index (χ2n) is 4.94. The number of aromatic nitrogens is 2. The number of carbonyl (C=O) groups excluding carboxylic acids is 1. The van der Waals surface area contributed by atoms with Crippen LogP contribution in [0.4, 0.5) is 4.39 Å². The van der Waals surface area contributed by atoms with Crippen molar-refractivity contribution in [3.8, 4) is 11.4 Å². The fraction of sp³-hybridized carbons (Fsp3) is 0.357. The highest BCUT2D eigenvalue weighted by Gasteiger charge is 2.19. The van der Waals surface area contributed by atoms with Gasteiger partial charge >= 0.3 is 0 Å². The summed E-state index contributed by atoms with van der Waals surface area (Å²) < 4.78 is 18.6. The standard InChI is InChI=1S/C14H17FN4O2/c1-7-4-5-10(6-11(7)15)12-18-14(21-19-12)9(3)17-13(20)8(2)16/h4-6,8-9H,16H2,1-3H3,(H,17,20)/t8-,9?/m1/s1. The second-order valence-corrected chi connectivity index (χ2v) is 4.94. The number of aryl methyl sites for hydroxylation is 1. The van der Waals surface area contributed by atoms with Gasteiger partial charge in [0.25, 0.3) is 0 Å². The predicted octanol–water partition coefficient (Wildman–Crippen LogP) is 1.71. The maximum atomic E-state index is 13.5. The summed E-state index contributed by atoms with van der Waals surface area (Å²) in [6.07, 6.45) is 0. The minimum absolute atomic E-state index is 0.236. The first-order chi connectivity index (χ1) is 9.88. The first-order valence-corrected chi connectivity index (χ1v) is 6.54. The molecule has 2 atom stereocenters. The molecule has 0 saturated carbocycles. The zero-order chi connectivity index (χ0) is 15.6. The Morgan fingerprint density at radius 1 is 1.43 bits per heavy atom. The SMILES string of the molecule is Cc1ccc(-c2noc(C(C)NC(=O)[C@@H](C)N)n2)cc1F. The summed E-state index contributed by atoms with van der Waals surface area (Å²) in [7, 11) is 0. The van der Waals surface area contributed by atoms with Crippen molar-refractivity contribution in [3.05, 3.63) is 35.5 Å². The van der Waals surface area contributed by atoms with Crippen LogP contribution in [0.1, 0.15) is 31.3 Å². The van der Waals surface area contributed by atoms with Gasteiger partial charge in [-0.05, 0) is 32.4 Å². The number of nitrogens with zero attached hydrogens (tertiary/aromatic N) is 2. The maximum Gasteiger partial charge on any atom is 0.249 e. The Labute approximate surface area is 121 Å². The van der Waals surface area contributed by atoms with Gasteiger partial charge in [0, 0.05) is 5.56 Å². The van der Waals surface area contributed by atoms with E-state index in [0.717, 1.165) is 0 Å². The molecule has 0 spiro atoms. The van der Waals surface area contributed by atoms with Crippen molar-refractivity contribution < 1.29 is 13.7 Å². The average Bonchev–Trinajstić information content (AvgIpc) is 2.91. The molecule has 1 aromatic heterocycles. The summed E-state index contributed by atoms with van der Waals surface area (Å²) in [5, 5.41) is 6.44. The molecule has 0 bridgehead atoms.